The predicted molar refractivity (Wildman–Crippen MR) is 134 cm³/mol. The number of rotatable bonds is 12. The second-order valence-electron chi connectivity index (χ2n) is 10.6. The maximum Gasteiger partial charge on any atom is 0.310 e. The maximum atomic E-state index is 14.2. The van der Waals surface area contributed by atoms with Gasteiger partial charge < -0.3 is 24.7 Å². The Morgan fingerprint density at radius 3 is 2.61 bits per heavy atom. The molecule has 0 aliphatic carbocycles. The van der Waals surface area contributed by atoms with E-state index in [1.807, 2.05) is 30.3 Å². The number of hydrogen-bond acceptors (Lipinski definition) is 5. The monoisotopic (exact) mass is 498 g/mol. The normalized spacial score (nSPS) is 31.4. The standard InChI is InChI=1S/C28H38N2O6/c1-4-6-10-16-29(15-5-2)25(33)23-28-14-13-27(3,36-28)22(26(34)35)21(28)24(32)30(23)20(18-31)17-19-11-8-7-9-12-19/h5,7-9,11-12,20-23,31H,2,4,6,10,13-18H2,1,3H3,(H,34,35)/t20-,21+,22-,23?,27+,28?/m1/s1. The maximum absolute atomic E-state index is 14.2. The van der Waals surface area contributed by atoms with Crippen LogP contribution in [0.3, 0.4) is 0 Å². The first-order valence-electron chi connectivity index (χ1n) is 13.0. The molecule has 6 atom stereocenters. The van der Waals surface area contributed by atoms with Crippen molar-refractivity contribution in [1.29, 1.82) is 0 Å². The Hall–Kier alpha value is -2.71. The van der Waals surface area contributed by atoms with Crippen LogP contribution in [0.25, 0.3) is 0 Å². The summed E-state index contributed by atoms with van der Waals surface area (Å²) in [5.74, 6) is -3.76. The number of benzene rings is 1. The molecule has 8 nitrogen and oxygen atoms in total. The molecule has 2 bridgehead atoms. The molecule has 1 spiro atoms. The fourth-order valence-electron chi connectivity index (χ4n) is 6.72. The number of nitrogens with zero attached hydrogens (tertiary/aromatic N) is 2. The van der Waals surface area contributed by atoms with Crippen LogP contribution in [0.1, 0.15) is 51.5 Å². The summed E-state index contributed by atoms with van der Waals surface area (Å²) in [6, 6.07) is 7.81. The molecule has 2 N–H and O–H groups in total. The lowest BCUT2D eigenvalue weighted by Crippen LogP contribution is -2.59. The number of aliphatic hydroxyl groups excluding tert-OH is 1. The molecule has 2 unspecified atom stereocenters. The Morgan fingerprint density at radius 1 is 1.28 bits per heavy atom. The van der Waals surface area contributed by atoms with Crippen LogP contribution >= 0.6 is 0 Å². The molecule has 2 amide bonds. The van der Waals surface area contributed by atoms with Gasteiger partial charge in [0.15, 0.2) is 0 Å². The van der Waals surface area contributed by atoms with Crippen LogP contribution in [0.15, 0.2) is 43.0 Å². The molecule has 1 aromatic carbocycles. The van der Waals surface area contributed by atoms with E-state index in [1.54, 1.807) is 17.9 Å². The number of carboxylic acids is 1. The quantitative estimate of drug-likeness (QED) is 0.339. The summed E-state index contributed by atoms with van der Waals surface area (Å²) in [5, 5.41) is 20.6. The van der Waals surface area contributed by atoms with Gasteiger partial charge in [-0.2, -0.15) is 0 Å². The van der Waals surface area contributed by atoms with E-state index in [0.29, 0.717) is 32.4 Å². The lowest BCUT2D eigenvalue weighted by molar-refractivity contribution is -0.158. The Bertz CT molecular complexity index is 999. The first-order valence-corrected chi connectivity index (χ1v) is 13.0. The third-order valence-electron chi connectivity index (χ3n) is 8.33. The molecular formula is C28H38N2O6. The largest absolute Gasteiger partial charge is 0.481 e. The molecule has 0 aromatic heterocycles. The molecule has 3 fully saturated rings. The van der Waals surface area contributed by atoms with Crippen molar-refractivity contribution < 1.29 is 29.3 Å². The summed E-state index contributed by atoms with van der Waals surface area (Å²) >= 11 is 0. The van der Waals surface area contributed by atoms with E-state index in [0.717, 1.165) is 24.8 Å². The molecule has 3 saturated heterocycles. The van der Waals surface area contributed by atoms with Crippen molar-refractivity contribution in [2.24, 2.45) is 11.8 Å². The number of carbonyl (C=O) groups excluding carboxylic acids is 2. The number of carbonyl (C=O) groups is 3. The molecule has 3 aliphatic rings. The molecule has 3 heterocycles. The molecule has 4 rings (SSSR count). The Labute approximate surface area is 212 Å². The van der Waals surface area contributed by atoms with Gasteiger partial charge in [-0.05, 0) is 38.2 Å². The van der Waals surface area contributed by atoms with E-state index in [1.165, 1.54) is 4.90 Å². The Morgan fingerprint density at radius 2 is 2.00 bits per heavy atom. The van der Waals surface area contributed by atoms with E-state index >= 15 is 0 Å². The molecule has 0 saturated carbocycles. The van der Waals surface area contributed by atoms with E-state index in [-0.39, 0.29) is 12.5 Å². The van der Waals surface area contributed by atoms with Crippen molar-refractivity contribution in [1.82, 2.24) is 9.80 Å². The first-order chi connectivity index (χ1) is 17.2. The minimum absolute atomic E-state index is 0.261. The number of amides is 2. The Balaban J connectivity index is 1.77. The third kappa shape index (κ3) is 4.24. The van der Waals surface area contributed by atoms with Crippen LogP contribution in [0.2, 0.25) is 0 Å². The summed E-state index contributed by atoms with van der Waals surface area (Å²) in [5.41, 5.74) is -1.31. The summed E-state index contributed by atoms with van der Waals surface area (Å²) in [6.45, 7) is 8.14. The van der Waals surface area contributed by atoms with E-state index in [4.69, 9.17) is 4.74 Å². The number of hydrogen-bond donors (Lipinski definition) is 2. The number of carboxylic acid groups (broad SMARTS) is 1. The fourth-order valence-corrected chi connectivity index (χ4v) is 6.72. The molecule has 0 radical (unpaired) electrons. The fraction of sp³-hybridized carbons (Fsp3) is 0.607. The smallest absolute Gasteiger partial charge is 0.310 e. The number of unbranched alkanes of at least 4 members (excludes halogenated alkanes) is 2. The molecule has 196 valence electrons. The zero-order valence-electron chi connectivity index (χ0n) is 21.3. The lowest BCUT2D eigenvalue weighted by atomic mass is 9.66. The van der Waals surface area contributed by atoms with Gasteiger partial charge in [-0.3, -0.25) is 14.4 Å². The van der Waals surface area contributed by atoms with E-state index in [9.17, 15) is 24.6 Å². The zero-order chi connectivity index (χ0) is 26.1. The van der Waals surface area contributed by atoms with Crippen molar-refractivity contribution in [3.63, 3.8) is 0 Å². The first kappa shape index (κ1) is 26.4. The topological polar surface area (TPSA) is 107 Å². The van der Waals surface area contributed by atoms with Crippen molar-refractivity contribution in [3.8, 4) is 0 Å². The van der Waals surface area contributed by atoms with Crippen LogP contribution in [0.5, 0.6) is 0 Å². The summed E-state index contributed by atoms with van der Waals surface area (Å²) in [4.78, 5) is 43.9. The number of ether oxygens (including phenoxy) is 1. The third-order valence-corrected chi connectivity index (χ3v) is 8.33. The van der Waals surface area contributed by atoms with Crippen molar-refractivity contribution in [2.45, 2.75) is 75.7 Å². The summed E-state index contributed by atoms with van der Waals surface area (Å²) in [7, 11) is 0. The highest BCUT2D eigenvalue weighted by molar-refractivity contribution is 5.98. The Kier molecular flexibility index (Phi) is 7.57. The second-order valence-corrected chi connectivity index (χ2v) is 10.6. The van der Waals surface area contributed by atoms with Crippen LogP contribution in [-0.2, 0) is 25.5 Å². The predicted octanol–water partition coefficient (Wildman–Crippen LogP) is 2.64. The molecular weight excluding hydrogens is 460 g/mol. The van der Waals surface area contributed by atoms with Gasteiger partial charge in [0, 0.05) is 13.1 Å². The average Bonchev–Trinajstić information content (AvgIpc) is 3.43. The zero-order valence-corrected chi connectivity index (χ0v) is 21.3. The average molecular weight is 499 g/mol. The van der Waals surface area contributed by atoms with E-state index < -0.39 is 47.0 Å². The molecule has 8 heteroatoms. The van der Waals surface area contributed by atoms with Crippen molar-refractivity contribution >= 4 is 17.8 Å². The molecule has 3 aliphatic heterocycles. The van der Waals surface area contributed by atoms with Crippen molar-refractivity contribution in [3.05, 3.63) is 48.6 Å². The van der Waals surface area contributed by atoms with Gasteiger partial charge in [0.2, 0.25) is 11.8 Å². The van der Waals surface area contributed by atoms with Gasteiger partial charge in [0.25, 0.3) is 0 Å². The van der Waals surface area contributed by atoms with Crippen molar-refractivity contribution in [2.75, 3.05) is 19.7 Å². The highest BCUT2D eigenvalue weighted by atomic mass is 16.5. The highest BCUT2D eigenvalue weighted by Gasteiger charge is 2.78. The number of fused-ring (bicyclic) bond motifs is 1. The molecule has 36 heavy (non-hydrogen) atoms. The van der Waals surface area contributed by atoms with Gasteiger partial charge in [0.05, 0.1) is 30.1 Å². The number of aliphatic hydroxyl groups is 1. The van der Waals surface area contributed by atoms with E-state index in [2.05, 4.69) is 13.5 Å². The van der Waals surface area contributed by atoms with Crippen LogP contribution in [0.4, 0.5) is 0 Å². The second kappa shape index (κ2) is 10.3. The minimum atomic E-state index is -1.22. The van der Waals surface area contributed by atoms with Gasteiger partial charge >= 0.3 is 5.97 Å². The van der Waals surface area contributed by atoms with Crippen LogP contribution in [-0.4, -0.2) is 80.8 Å². The lowest BCUT2D eigenvalue weighted by Gasteiger charge is -2.39. The van der Waals surface area contributed by atoms with Gasteiger partial charge in [-0.25, -0.2) is 0 Å². The molecule has 1 aromatic rings. The van der Waals surface area contributed by atoms with Gasteiger partial charge in [-0.15, -0.1) is 6.58 Å². The minimum Gasteiger partial charge on any atom is -0.481 e. The highest BCUT2D eigenvalue weighted by Crippen LogP contribution is 2.63. The van der Waals surface area contributed by atoms with Crippen LogP contribution in [0, 0.1) is 11.8 Å². The summed E-state index contributed by atoms with van der Waals surface area (Å²) < 4.78 is 6.48. The van der Waals surface area contributed by atoms with Crippen LogP contribution < -0.4 is 0 Å². The summed E-state index contributed by atoms with van der Waals surface area (Å²) in [6.07, 6.45) is 5.69. The number of likely N-dealkylation sites (tertiary alicyclic amines) is 1. The van der Waals surface area contributed by atoms with Gasteiger partial charge in [0.1, 0.15) is 11.6 Å². The number of aliphatic carboxylic acids is 1. The SMILES string of the molecule is C=CCN(CCCCC)C(=O)C1N([C@@H](CO)Cc2ccccc2)C(=O)[C@@H]2[C@H](C(=O)O)[C@]3(C)CCC12O3. The van der Waals surface area contributed by atoms with Gasteiger partial charge in [-0.1, -0.05) is 56.2 Å².